The van der Waals surface area contributed by atoms with E-state index >= 15 is 0 Å². The van der Waals surface area contributed by atoms with Gasteiger partial charge in [0.1, 0.15) is 0 Å². The quantitative estimate of drug-likeness (QED) is 0.785. The Labute approximate surface area is 92.9 Å². The summed E-state index contributed by atoms with van der Waals surface area (Å²) in [6, 6.07) is 7.20. The molecule has 0 heterocycles. The van der Waals surface area contributed by atoms with E-state index in [1.54, 1.807) is 12.1 Å². The molecule has 4 heteroatoms. The molecule has 1 aromatic carbocycles. The monoisotopic (exact) mass is 226 g/mol. The molecule has 80 valence electrons. The van der Waals surface area contributed by atoms with Crippen LogP contribution in [0.2, 0.25) is 5.02 Å². The van der Waals surface area contributed by atoms with E-state index in [4.69, 9.17) is 21.4 Å². The number of rotatable bonds is 5. The zero-order chi connectivity index (χ0) is 11.3. The third kappa shape index (κ3) is 4.14. The lowest BCUT2D eigenvalue weighted by atomic mass is 10.2. The molecule has 0 aliphatic rings. The van der Waals surface area contributed by atoms with Gasteiger partial charge in [0.15, 0.2) is 0 Å². The highest BCUT2D eigenvalue weighted by Gasteiger charge is 2.03. The van der Waals surface area contributed by atoms with Gasteiger partial charge < -0.3 is 9.84 Å². The highest BCUT2D eigenvalue weighted by atomic mass is 35.5. The maximum Gasteiger partial charge on any atom is 0.333 e. The van der Waals surface area contributed by atoms with Gasteiger partial charge in [-0.1, -0.05) is 30.3 Å². The lowest BCUT2D eigenvalue weighted by Gasteiger charge is -2.04. The fourth-order valence-electron chi connectivity index (χ4n) is 0.981. The minimum atomic E-state index is -1.04. The molecule has 0 unspecified atom stereocenters. The van der Waals surface area contributed by atoms with Gasteiger partial charge in [-0.3, -0.25) is 0 Å². The van der Waals surface area contributed by atoms with Crippen molar-refractivity contribution in [3.63, 3.8) is 0 Å². The molecule has 0 fully saturated rings. The Kier molecular flexibility index (Phi) is 4.34. The first-order valence-corrected chi connectivity index (χ1v) is 4.70. The second-order valence-electron chi connectivity index (χ2n) is 3.03. The number of halogens is 1. The average molecular weight is 227 g/mol. The van der Waals surface area contributed by atoms with Crippen molar-refractivity contribution in [2.45, 2.75) is 6.61 Å². The van der Waals surface area contributed by atoms with Crippen LogP contribution in [0.3, 0.4) is 0 Å². The molecule has 0 bridgehead atoms. The second kappa shape index (κ2) is 5.53. The van der Waals surface area contributed by atoms with Crippen molar-refractivity contribution in [2.75, 3.05) is 6.61 Å². The van der Waals surface area contributed by atoms with Crippen LogP contribution < -0.4 is 0 Å². The number of hydrogen-bond acceptors (Lipinski definition) is 2. The van der Waals surface area contributed by atoms with E-state index in [0.29, 0.717) is 11.6 Å². The maximum absolute atomic E-state index is 10.4. The van der Waals surface area contributed by atoms with Crippen LogP contribution in [0.25, 0.3) is 0 Å². The molecule has 1 aromatic rings. The molecule has 0 aliphatic carbocycles. The SMILES string of the molecule is C=C(COCc1cccc(Cl)c1)C(=O)O. The summed E-state index contributed by atoms with van der Waals surface area (Å²) in [7, 11) is 0. The van der Waals surface area contributed by atoms with E-state index in [1.807, 2.05) is 12.1 Å². The van der Waals surface area contributed by atoms with Crippen molar-refractivity contribution in [1.29, 1.82) is 0 Å². The van der Waals surface area contributed by atoms with E-state index in [-0.39, 0.29) is 12.2 Å². The summed E-state index contributed by atoms with van der Waals surface area (Å²) in [6.07, 6.45) is 0. The fourth-order valence-corrected chi connectivity index (χ4v) is 1.19. The lowest BCUT2D eigenvalue weighted by Crippen LogP contribution is -2.06. The summed E-state index contributed by atoms with van der Waals surface area (Å²) < 4.78 is 5.16. The van der Waals surface area contributed by atoms with Crippen molar-refractivity contribution in [2.24, 2.45) is 0 Å². The first kappa shape index (κ1) is 11.8. The third-order valence-electron chi connectivity index (χ3n) is 1.74. The Morgan fingerprint density at radius 1 is 1.53 bits per heavy atom. The van der Waals surface area contributed by atoms with Gasteiger partial charge in [-0.05, 0) is 17.7 Å². The number of carbonyl (C=O) groups is 1. The van der Waals surface area contributed by atoms with Gasteiger partial charge in [-0.15, -0.1) is 0 Å². The predicted molar refractivity (Wildman–Crippen MR) is 57.9 cm³/mol. The van der Waals surface area contributed by atoms with Gasteiger partial charge in [0.05, 0.1) is 18.8 Å². The summed E-state index contributed by atoms with van der Waals surface area (Å²) in [5.74, 6) is -1.04. The van der Waals surface area contributed by atoms with E-state index in [2.05, 4.69) is 6.58 Å². The third-order valence-corrected chi connectivity index (χ3v) is 1.97. The van der Waals surface area contributed by atoms with Crippen LogP contribution in [0, 0.1) is 0 Å². The highest BCUT2D eigenvalue weighted by molar-refractivity contribution is 6.30. The summed E-state index contributed by atoms with van der Waals surface area (Å²) in [4.78, 5) is 10.4. The predicted octanol–water partition coefficient (Wildman–Crippen LogP) is 2.50. The maximum atomic E-state index is 10.4. The average Bonchev–Trinajstić information content (AvgIpc) is 2.17. The zero-order valence-corrected chi connectivity index (χ0v) is 8.83. The number of aliphatic carboxylic acids is 1. The molecule has 0 aromatic heterocycles. The Balaban J connectivity index is 2.38. The van der Waals surface area contributed by atoms with Gasteiger partial charge in [-0.25, -0.2) is 4.79 Å². The number of carboxylic acid groups (broad SMARTS) is 1. The first-order valence-electron chi connectivity index (χ1n) is 4.33. The summed E-state index contributed by atoms with van der Waals surface area (Å²) in [5, 5.41) is 9.16. The summed E-state index contributed by atoms with van der Waals surface area (Å²) >= 11 is 5.77. The number of ether oxygens (including phenoxy) is 1. The van der Waals surface area contributed by atoms with Crippen molar-refractivity contribution >= 4 is 17.6 Å². The molecule has 15 heavy (non-hydrogen) atoms. The Hall–Kier alpha value is -1.32. The van der Waals surface area contributed by atoms with Gasteiger partial charge in [0, 0.05) is 5.02 Å². The fraction of sp³-hybridized carbons (Fsp3) is 0.182. The molecule has 3 nitrogen and oxygen atoms in total. The molecule has 0 saturated heterocycles. The molecule has 1 rings (SSSR count). The minimum Gasteiger partial charge on any atom is -0.478 e. The van der Waals surface area contributed by atoms with Crippen LogP contribution in [0.15, 0.2) is 36.4 Å². The smallest absolute Gasteiger partial charge is 0.333 e. The van der Waals surface area contributed by atoms with E-state index < -0.39 is 5.97 Å². The number of hydrogen-bond donors (Lipinski definition) is 1. The zero-order valence-electron chi connectivity index (χ0n) is 8.07. The van der Waals surface area contributed by atoms with Crippen LogP contribution in [-0.2, 0) is 16.1 Å². The van der Waals surface area contributed by atoms with Gasteiger partial charge in [0.25, 0.3) is 0 Å². The topological polar surface area (TPSA) is 46.5 Å². The van der Waals surface area contributed by atoms with Crippen LogP contribution in [0.1, 0.15) is 5.56 Å². The molecule has 1 N–H and O–H groups in total. The van der Waals surface area contributed by atoms with Crippen LogP contribution in [0.5, 0.6) is 0 Å². The van der Waals surface area contributed by atoms with Crippen molar-refractivity contribution < 1.29 is 14.6 Å². The summed E-state index contributed by atoms with van der Waals surface area (Å²) in [6.45, 7) is 3.69. The molecule has 0 saturated carbocycles. The van der Waals surface area contributed by atoms with Crippen molar-refractivity contribution in [3.05, 3.63) is 47.0 Å². The summed E-state index contributed by atoms with van der Waals surface area (Å²) in [5.41, 5.74) is 0.942. The Bertz CT molecular complexity index is 374. The van der Waals surface area contributed by atoms with Gasteiger partial charge >= 0.3 is 5.97 Å². The number of benzene rings is 1. The normalized spacial score (nSPS) is 9.93. The van der Waals surface area contributed by atoms with Crippen molar-refractivity contribution in [1.82, 2.24) is 0 Å². The Morgan fingerprint density at radius 3 is 2.87 bits per heavy atom. The molecule has 0 radical (unpaired) electrons. The first-order chi connectivity index (χ1) is 7.09. The lowest BCUT2D eigenvalue weighted by molar-refractivity contribution is -0.133. The second-order valence-corrected chi connectivity index (χ2v) is 3.47. The molecule has 0 atom stereocenters. The van der Waals surface area contributed by atoms with E-state index in [0.717, 1.165) is 5.56 Å². The molecule has 0 spiro atoms. The Morgan fingerprint density at radius 2 is 2.27 bits per heavy atom. The van der Waals surface area contributed by atoms with Gasteiger partial charge in [-0.2, -0.15) is 0 Å². The molecule has 0 amide bonds. The van der Waals surface area contributed by atoms with E-state index in [1.165, 1.54) is 0 Å². The molecule has 0 aliphatic heterocycles. The molecular weight excluding hydrogens is 216 g/mol. The van der Waals surface area contributed by atoms with Crippen LogP contribution >= 0.6 is 11.6 Å². The molecular formula is C11H11ClO3. The number of carboxylic acids is 1. The van der Waals surface area contributed by atoms with Crippen LogP contribution in [0.4, 0.5) is 0 Å². The highest BCUT2D eigenvalue weighted by Crippen LogP contribution is 2.11. The van der Waals surface area contributed by atoms with Crippen molar-refractivity contribution in [3.8, 4) is 0 Å². The standard InChI is InChI=1S/C11H11ClO3/c1-8(11(13)14)6-15-7-9-3-2-4-10(12)5-9/h2-5H,1,6-7H2,(H,13,14). The minimum absolute atomic E-state index is 0.0157. The largest absolute Gasteiger partial charge is 0.478 e. The van der Waals surface area contributed by atoms with Gasteiger partial charge in [0.2, 0.25) is 0 Å². The van der Waals surface area contributed by atoms with Crippen LogP contribution in [-0.4, -0.2) is 17.7 Å². The van der Waals surface area contributed by atoms with E-state index in [9.17, 15) is 4.79 Å².